The van der Waals surface area contributed by atoms with Crippen LogP contribution in [0.2, 0.25) is 5.02 Å². The molecule has 0 heterocycles. The second kappa shape index (κ2) is 8.34. The van der Waals surface area contributed by atoms with E-state index >= 15 is 0 Å². The Bertz CT molecular complexity index is 616. The average molecular weight is 333 g/mol. The Labute approximate surface area is 144 Å². The van der Waals surface area contributed by atoms with E-state index in [4.69, 9.17) is 16.3 Å². The molecule has 0 aromatic heterocycles. The van der Waals surface area contributed by atoms with E-state index in [0.29, 0.717) is 5.02 Å². The summed E-state index contributed by atoms with van der Waals surface area (Å²) in [6.45, 7) is 3.72. The van der Waals surface area contributed by atoms with E-state index in [1.165, 1.54) is 5.56 Å². The zero-order valence-electron chi connectivity index (χ0n) is 14.3. The number of hydrogen-bond acceptors (Lipinski definition) is 3. The van der Waals surface area contributed by atoms with Crippen molar-refractivity contribution in [2.45, 2.75) is 26.2 Å². The highest BCUT2D eigenvalue weighted by atomic mass is 35.5. The third-order valence-corrected chi connectivity index (χ3v) is 3.94. The fourth-order valence-corrected chi connectivity index (χ4v) is 2.55. The minimum atomic E-state index is -0.0467. The van der Waals surface area contributed by atoms with E-state index in [9.17, 15) is 0 Å². The summed E-state index contributed by atoms with van der Waals surface area (Å²) >= 11 is 6.14. The minimum absolute atomic E-state index is 0.0467. The predicted octanol–water partition coefficient (Wildman–Crippen LogP) is 4.26. The molecule has 0 radical (unpaired) electrons. The fraction of sp³-hybridized carbons (Fsp3) is 0.368. The largest absolute Gasteiger partial charge is 0.475 e. The third kappa shape index (κ3) is 5.54. The van der Waals surface area contributed by atoms with Crippen molar-refractivity contribution in [3.8, 4) is 5.75 Å². The van der Waals surface area contributed by atoms with Crippen molar-refractivity contribution in [2.24, 2.45) is 0 Å². The minimum Gasteiger partial charge on any atom is -0.475 e. The van der Waals surface area contributed by atoms with Gasteiger partial charge in [-0.3, -0.25) is 4.90 Å². The molecule has 2 rings (SSSR count). The average Bonchev–Trinajstić information content (AvgIpc) is 2.50. The first-order valence-corrected chi connectivity index (χ1v) is 8.17. The summed E-state index contributed by atoms with van der Waals surface area (Å²) < 4.78 is 6.18. The molecule has 1 unspecified atom stereocenters. The summed E-state index contributed by atoms with van der Waals surface area (Å²) in [5, 5.41) is 0.695. The monoisotopic (exact) mass is 332 g/mol. The molecule has 0 spiro atoms. The number of benzene rings is 2. The highest BCUT2D eigenvalue weighted by Crippen LogP contribution is 2.26. The van der Waals surface area contributed by atoms with Crippen molar-refractivity contribution in [3.63, 3.8) is 0 Å². The first-order chi connectivity index (χ1) is 11.0. The van der Waals surface area contributed by atoms with Gasteiger partial charge in [-0.15, -0.1) is 0 Å². The second-order valence-electron chi connectivity index (χ2n) is 6.11. The molecule has 2 aromatic rings. The number of halogens is 1. The molecular formula is C19H25ClN2O. The SMILES string of the molecule is CC(Oc1cc(Cl)ccc1CN(C)C)N(C)Cc1ccccc1. The van der Waals surface area contributed by atoms with Gasteiger partial charge in [0.15, 0.2) is 0 Å². The molecule has 124 valence electrons. The van der Waals surface area contributed by atoms with Crippen molar-refractivity contribution >= 4 is 11.6 Å². The lowest BCUT2D eigenvalue weighted by Crippen LogP contribution is -2.33. The molecular weight excluding hydrogens is 308 g/mol. The Hall–Kier alpha value is -1.55. The van der Waals surface area contributed by atoms with Gasteiger partial charge in [-0.05, 0) is 45.8 Å². The van der Waals surface area contributed by atoms with E-state index in [1.807, 2.05) is 38.4 Å². The van der Waals surface area contributed by atoms with E-state index in [-0.39, 0.29) is 6.23 Å². The van der Waals surface area contributed by atoms with Crippen LogP contribution >= 0.6 is 11.6 Å². The number of hydrogen-bond donors (Lipinski definition) is 0. The smallest absolute Gasteiger partial charge is 0.149 e. The van der Waals surface area contributed by atoms with Gasteiger partial charge in [-0.25, -0.2) is 0 Å². The lowest BCUT2D eigenvalue weighted by molar-refractivity contribution is 0.0537. The van der Waals surface area contributed by atoms with Gasteiger partial charge in [0.25, 0.3) is 0 Å². The maximum absolute atomic E-state index is 6.18. The van der Waals surface area contributed by atoms with Crippen LogP contribution in [0.3, 0.4) is 0 Å². The zero-order valence-corrected chi connectivity index (χ0v) is 15.0. The number of rotatable bonds is 7. The van der Waals surface area contributed by atoms with Crippen LogP contribution in [0.25, 0.3) is 0 Å². The molecule has 1 atom stereocenters. The van der Waals surface area contributed by atoms with Gasteiger partial charge in [0, 0.05) is 23.7 Å². The van der Waals surface area contributed by atoms with Gasteiger partial charge in [-0.1, -0.05) is 48.0 Å². The molecule has 0 aliphatic rings. The Kier molecular flexibility index (Phi) is 6.46. The summed E-state index contributed by atoms with van der Waals surface area (Å²) in [5.74, 6) is 0.846. The van der Waals surface area contributed by atoms with E-state index in [0.717, 1.165) is 24.4 Å². The molecule has 23 heavy (non-hydrogen) atoms. The lowest BCUT2D eigenvalue weighted by atomic mass is 10.2. The van der Waals surface area contributed by atoms with Gasteiger partial charge in [0.1, 0.15) is 12.0 Å². The first kappa shape index (κ1) is 17.8. The molecule has 2 aromatic carbocycles. The van der Waals surface area contributed by atoms with Crippen molar-refractivity contribution in [2.75, 3.05) is 21.1 Å². The molecule has 0 aliphatic carbocycles. The topological polar surface area (TPSA) is 15.7 Å². The van der Waals surface area contributed by atoms with E-state index in [2.05, 4.69) is 48.0 Å². The molecule has 0 saturated carbocycles. The maximum atomic E-state index is 6.18. The third-order valence-electron chi connectivity index (χ3n) is 3.71. The maximum Gasteiger partial charge on any atom is 0.149 e. The van der Waals surface area contributed by atoms with E-state index < -0.39 is 0 Å². The highest BCUT2D eigenvalue weighted by molar-refractivity contribution is 6.30. The lowest BCUT2D eigenvalue weighted by Gasteiger charge is -2.27. The molecule has 0 aliphatic heterocycles. The molecule has 0 saturated heterocycles. The molecule has 4 heteroatoms. The van der Waals surface area contributed by atoms with Crippen LogP contribution < -0.4 is 4.74 Å². The predicted molar refractivity (Wildman–Crippen MR) is 96.8 cm³/mol. The summed E-state index contributed by atoms with van der Waals surface area (Å²) in [6, 6.07) is 16.2. The van der Waals surface area contributed by atoms with Crippen LogP contribution in [0.4, 0.5) is 0 Å². The van der Waals surface area contributed by atoms with Gasteiger partial charge in [0.05, 0.1) is 0 Å². The van der Waals surface area contributed by atoms with Crippen LogP contribution in [0.15, 0.2) is 48.5 Å². The zero-order chi connectivity index (χ0) is 16.8. The summed E-state index contributed by atoms with van der Waals surface area (Å²) in [6.07, 6.45) is -0.0467. The molecule has 3 nitrogen and oxygen atoms in total. The normalized spacial score (nSPS) is 12.7. The van der Waals surface area contributed by atoms with Crippen LogP contribution in [0.1, 0.15) is 18.1 Å². The Morgan fingerprint density at radius 1 is 1.00 bits per heavy atom. The van der Waals surface area contributed by atoms with E-state index in [1.54, 1.807) is 0 Å². The summed E-state index contributed by atoms with van der Waals surface area (Å²) in [7, 11) is 6.15. The second-order valence-corrected chi connectivity index (χ2v) is 6.54. The molecule has 0 N–H and O–H groups in total. The molecule has 0 bridgehead atoms. The first-order valence-electron chi connectivity index (χ1n) is 7.79. The van der Waals surface area contributed by atoms with Crippen molar-refractivity contribution in [1.29, 1.82) is 0 Å². The van der Waals surface area contributed by atoms with Crippen molar-refractivity contribution in [1.82, 2.24) is 9.80 Å². The van der Waals surface area contributed by atoms with Crippen LogP contribution in [0.5, 0.6) is 5.75 Å². The fourth-order valence-electron chi connectivity index (χ4n) is 2.38. The van der Waals surface area contributed by atoms with Crippen LogP contribution in [-0.2, 0) is 13.1 Å². The van der Waals surface area contributed by atoms with Crippen molar-refractivity contribution < 1.29 is 4.74 Å². The number of ether oxygens (including phenoxy) is 1. The van der Waals surface area contributed by atoms with Crippen molar-refractivity contribution in [3.05, 3.63) is 64.7 Å². The van der Waals surface area contributed by atoms with Crippen LogP contribution in [0, 0.1) is 0 Å². The van der Waals surface area contributed by atoms with Crippen LogP contribution in [-0.4, -0.2) is 37.2 Å². The van der Waals surface area contributed by atoms with Gasteiger partial charge < -0.3 is 9.64 Å². The highest BCUT2D eigenvalue weighted by Gasteiger charge is 2.14. The quantitative estimate of drug-likeness (QED) is 0.705. The van der Waals surface area contributed by atoms with Gasteiger partial charge >= 0.3 is 0 Å². The molecule has 0 amide bonds. The Morgan fingerprint density at radius 3 is 2.35 bits per heavy atom. The number of nitrogens with zero attached hydrogens (tertiary/aromatic N) is 2. The standard InChI is InChI=1S/C19H25ClN2O/c1-15(22(4)13-16-8-6-5-7-9-16)23-19-12-18(20)11-10-17(19)14-21(2)3/h5-12,15H,13-14H2,1-4H3. The molecule has 0 fully saturated rings. The summed E-state index contributed by atoms with van der Waals surface area (Å²) in [5.41, 5.74) is 2.41. The van der Waals surface area contributed by atoms with Gasteiger partial charge in [-0.2, -0.15) is 0 Å². The Balaban J connectivity index is 2.06. The summed E-state index contributed by atoms with van der Waals surface area (Å²) in [4.78, 5) is 4.30. The Morgan fingerprint density at radius 2 is 1.70 bits per heavy atom. The van der Waals surface area contributed by atoms with Gasteiger partial charge in [0.2, 0.25) is 0 Å².